The fourth-order valence-corrected chi connectivity index (χ4v) is 3.95. The molecule has 0 spiro atoms. The van der Waals surface area contributed by atoms with E-state index in [4.69, 9.17) is 5.73 Å². The Morgan fingerprint density at radius 3 is 2.84 bits per heavy atom. The number of amides is 1. The van der Waals surface area contributed by atoms with Crippen molar-refractivity contribution in [3.05, 3.63) is 21.4 Å². The van der Waals surface area contributed by atoms with Gasteiger partial charge in [-0.25, -0.2) is 0 Å². The summed E-state index contributed by atoms with van der Waals surface area (Å²) >= 11 is 1.66. The number of hydrogen-bond acceptors (Lipinski definition) is 3. The van der Waals surface area contributed by atoms with E-state index >= 15 is 0 Å². The highest BCUT2D eigenvalue weighted by Crippen LogP contribution is 2.39. The molecular formula is C14H21ClN2OS. The molecule has 1 amide bonds. The van der Waals surface area contributed by atoms with E-state index in [0.29, 0.717) is 12.5 Å². The fraction of sp³-hybridized carbons (Fsp3) is 0.643. The third kappa shape index (κ3) is 2.81. The second-order valence-electron chi connectivity index (χ2n) is 5.76. The average molecular weight is 301 g/mol. The lowest BCUT2D eigenvalue weighted by atomic mass is 9.96. The van der Waals surface area contributed by atoms with Gasteiger partial charge in [0, 0.05) is 11.4 Å². The van der Waals surface area contributed by atoms with Crippen molar-refractivity contribution < 1.29 is 4.79 Å². The number of halogens is 1. The van der Waals surface area contributed by atoms with E-state index in [0.717, 1.165) is 17.7 Å². The van der Waals surface area contributed by atoms with Crippen molar-refractivity contribution in [1.82, 2.24) is 5.32 Å². The zero-order valence-corrected chi connectivity index (χ0v) is 12.8. The molecule has 1 fully saturated rings. The van der Waals surface area contributed by atoms with Crippen molar-refractivity contribution in [2.24, 2.45) is 11.7 Å². The molecule has 19 heavy (non-hydrogen) atoms. The van der Waals surface area contributed by atoms with Gasteiger partial charge in [-0.3, -0.25) is 4.79 Å². The summed E-state index contributed by atoms with van der Waals surface area (Å²) in [6, 6.07) is 2.08. The highest BCUT2D eigenvalue weighted by Gasteiger charge is 2.41. The van der Waals surface area contributed by atoms with E-state index in [-0.39, 0.29) is 23.9 Å². The summed E-state index contributed by atoms with van der Waals surface area (Å²) in [5, 5.41) is 3.16. The van der Waals surface area contributed by atoms with E-state index in [9.17, 15) is 4.79 Å². The Labute approximate surface area is 124 Å². The topological polar surface area (TPSA) is 55.1 Å². The van der Waals surface area contributed by atoms with Gasteiger partial charge >= 0.3 is 0 Å². The zero-order valence-electron chi connectivity index (χ0n) is 11.2. The van der Waals surface area contributed by atoms with Gasteiger partial charge in [-0.05, 0) is 56.6 Å². The van der Waals surface area contributed by atoms with Gasteiger partial charge in [-0.2, -0.15) is 0 Å². The monoisotopic (exact) mass is 300 g/mol. The lowest BCUT2D eigenvalue weighted by Gasteiger charge is -2.29. The Morgan fingerprint density at radius 1 is 1.53 bits per heavy atom. The lowest BCUT2D eigenvalue weighted by molar-refractivity contribution is 0.0902. The summed E-state index contributed by atoms with van der Waals surface area (Å²) in [6.07, 6.45) is 5.90. The van der Waals surface area contributed by atoms with Crippen LogP contribution in [0.25, 0.3) is 0 Å². The van der Waals surface area contributed by atoms with Crippen LogP contribution in [0.3, 0.4) is 0 Å². The first kappa shape index (κ1) is 14.8. The van der Waals surface area contributed by atoms with Crippen LogP contribution >= 0.6 is 23.7 Å². The standard InChI is InChI=1S/C14H20N2OS.ClH/c1-14(8-15,10-5-6-10)16-13(17)12-7-9-3-2-4-11(9)18-12;/h7,10H,2-6,8,15H2,1H3,(H,16,17);1H. The first-order valence-corrected chi connectivity index (χ1v) is 7.58. The molecule has 0 bridgehead atoms. The third-order valence-electron chi connectivity index (χ3n) is 4.27. The predicted octanol–water partition coefficient (Wildman–Crippen LogP) is 2.52. The van der Waals surface area contributed by atoms with E-state index in [1.54, 1.807) is 11.3 Å². The molecule has 0 aliphatic heterocycles. The normalized spacial score (nSPS) is 20.3. The Balaban J connectivity index is 0.00000133. The number of thiophene rings is 1. The molecule has 3 nitrogen and oxygen atoms in total. The molecule has 3 N–H and O–H groups in total. The Kier molecular flexibility index (Phi) is 4.23. The van der Waals surface area contributed by atoms with E-state index in [1.807, 2.05) is 0 Å². The molecule has 0 aromatic carbocycles. The number of aryl methyl sites for hydroxylation is 2. The Bertz CT molecular complexity index is 462. The second-order valence-corrected chi connectivity index (χ2v) is 6.90. The van der Waals surface area contributed by atoms with Crippen molar-refractivity contribution in [3.63, 3.8) is 0 Å². The molecule has 2 aliphatic rings. The quantitative estimate of drug-likeness (QED) is 0.898. The Morgan fingerprint density at radius 2 is 2.26 bits per heavy atom. The molecule has 1 saturated carbocycles. The van der Waals surface area contributed by atoms with Gasteiger partial charge in [0.25, 0.3) is 5.91 Å². The molecule has 106 valence electrons. The SMILES string of the molecule is CC(CN)(NC(=O)c1cc2c(s1)CCC2)C1CC1.Cl. The number of hydrogen-bond donors (Lipinski definition) is 2. The molecule has 1 atom stereocenters. The summed E-state index contributed by atoms with van der Waals surface area (Å²) in [7, 11) is 0. The molecule has 0 saturated heterocycles. The van der Waals surface area contributed by atoms with Gasteiger partial charge in [0.05, 0.1) is 10.4 Å². The first-order valence-electron chi connectivity index (χ1n) is 6.76. The maximum Gasteiger partial charge on any atom is 0.261 e. The van der Waals surface area contributed by atoms with Crippen LogP contribution in [0.1, 0.15) is 46.3 Å². The van der Waals surface area contributed by atoms with Gasteiger partial charge < -0.3 is 11.1 Å². The van der Waals surface area contributed by atoms with Crippen LogP contribution in [0.4, 0.5) is 0 Å². The number of carbonyl (C=O) groups is 1. The predicted molar refractivity (Wildman–Crippen MR) is 81.2 cm³/mol. The molecule has 0 radical (unpaired) electrons. The average Bonchev–Trinajstić information content (AvgIpc) is 2.98. The van der Waals surface area contributed by atoms with Gasteiger partial charge in [0.2, 0.25) is 0 Å². The van der Waals surface area contributed by atoms with Gasteiger partial charge in [0.15, 0.2) is 0 Å². The van der Waals surface area contributed by atoms with E-state index in [2.05, 4.69) is 18.3 Å². The highest BCUT2D eigenvalue weighted by molar-refractivity contribution is 7.14. The lowest BCUT2D eigenvalue weighted by Crippen LogP contribution is -2.53. The van der Waals surface area contributed by atoms with Crippen LogP contribution in [0.15, 0.2) is 6.07 Å². The molecule has 1 aromatic rings. The number of nitrogens with one attached hydrogen (secondary N) is 1. The molecule has 2 aliphatic carbocycles. The van der Waals surface area contributed by atoms with Crippen LogP contribution in [0.5, 0.6) is 0 Å². The molecular weight excluding hydrogens is 280 g/mol. The zero-order chi connectivity index (χ0) is 12.8. The van der Waals surface area contributed by atoms with Crippen molar-refractivity contribution in [3.8, 4) is 0 Å². The summed E-state index contributed by atoms with van der Waals surface area (Å²) in [5.41, 5.74) is 7.00. The van der Waals surface area contributed by atoms with Crippen LogP contribution in [0, 0.1) is 5.92 Å². The van der Waals surface area contributed by atoms with E-state index < -0.39 is 0 Å². The van der Waals surface area contributed by atoms with Crippen molar-refractivity contribution >= 4 is 29.7 Å². The van der Waals surface area contributed by atoms with Gasteiger partial charge in [0.1, 0.15) is 0 Å². The van der Waals surface area contributed by atoms with Crippen molar-refractivity contribution in [2.75, 3.05) is 6.54 Å². The minimum atomic E-state index is -0.217. The molecule has 1 heterocycles. The minimum absolute atomic E-state index is 0. The van der Waals surface area contributed by atoms with Gasteiger partial charge in [-0.15, -0.1) is 23.7 Å². The molecule has 3 rings (SSSR count). The maximum absolute atomic E-state index is 12.3. The van der Waals surface area contributed by atoms with Crippen molar-refractivity contribution in [2.45, 2.75) is 44.6 Å². The van der Waals surface area contributed by atoms with Gasteiger partial charge in [-0.1, -0.05) is 0 Å². The maximum atomic E-state index is 12.3. The second kappa shape index (κ2) is 5.43. The molecule has 1 unspecified atom stereocenters. The number of nitrogens with two attached hydrogens (primary N) is 1. The van der Waals surface area contributed by atoms with Crippen LogP contribution in [-0.4, -0.2) is 18.0 Å². The first-order chi connectivity index (χ1) is 8.62. The summed E-state index contributed by atoms with van der Waals surface area (Å²) in [5.74, 6) is 0.632. The largest absolute Gasteiger partial charge is 0.345 e. The van der Waals surface area contributed by atoms with Crippen molar-refractivity contribution in [1.29, 1.82) is 0 Å². The number of fused-ring (bicyclic) bond motifs is 1. The molecule has 5 heteroatoms. The summed E-state index contributed by atoms with van der Waals surface area (Å²) in [4.78, 5) is 14.6. The Hall–Kier alpha value is -0.580. The summed E-state index contributed by atoms with van der Waals surface area (Å²) < 4.78 is 0. The third-order valence-corrected chi connectivity index (χ3v) is 5.51. The smallest absolute Gasteiger partial charge is 0.261 e. The summed E-state index contributed by atoms with van der Waals surface area (Å²) in [6.45, 7) is 2.60. The number of rotatable bonds is 4. The fourth-order valence-electron chi connectivity index (χ4n) is 2.80. The molecule has 1 aromatic heterocycles. The highest BCUT2D eigenvalue weighted by atomic mass is 35.5. The van der Waals surface area contributed by atoms with Crippen LogP contribution in [-0.2, 0) is 12.8 Å². The number of carbonyl (C=O) groups excluding carboxylic acids is 1. The van der Waals surface area contributed by atoms with E-state index in [1.165, 1.54) is 29.7 Å². The van der Waals surface area contributed by atoms with Crippen LogP contribution < -0.4 is 11.1 Å². The van der Waals surface area contributed by atoms with Crippen LogP contribution in [0.2, 0.25) is 0 Å². The minimum Gasteiger partial charge on any atom is -0.345 e.